The molecule has 5 heteroatoms. The molecule has 0 radical (unpaired) electrons. The van der Waals surface area contributed by atoms with Crippen molar-refractivity contribution in [2.45, 2.75) is 32.7 Å². The summed E-state index contributed by atoms with van der Waals surface area (Å²) in [5.41, 5.74) is 0. The maximum absolute atomic E-state index is 11.9. The molecular weight excluding hydrogens is 190 g/mol. The van der Waals surface area contributed by atoms with Crippen molar-refractivity contribution in [1.82, 2.24) is 10.2 Å². The molecule has 0 saturated carbocycles. The Morgan fingerprint density at radius 3 is 2.50 bits per heavy atom. The van der Waals surface area contributed by atoms with Gasteiger partial charge in [0.25, 0.3) is 6.43 Å². The first-order chi connectivity index (χ1) is 6.47. The minimum Gasteiger partial charge on any atom is -0.340 e. The lowest BCUT2D eigenvalue weighted by atomic mass is 10.2. The van der Waals surface area contributed by atoms with Gasteiger partial charge in [-0.25, -0.2) is 8.78 Å². The molecule has 84 valence electrons. The largest absolute Gasteiger partial charge is 0.340 e. The van der Waals surface area contributed by atoms with E-state index in [2.05, 4.69) is 5.32 Å². The molecule has 1 N–H and O–H groups in total. The maximum atomic E-state index is 11.9. The van der Waals surface area contributed by atoms with Crippen LogP contribution in [0.5, 0.6) is 0 Å². The summed E-state index contributed by atoms with van der Waals surface area (Å²) in [4.78, 5) is 12.4. The molecule has 0 heterocycles. The zero-order valence-corrected chi connectivity index (χ0v) is 8.89. The summed E-state index contributed by atoms with van der Waals surface area (Å²) < 4.78 is 23.8. The van der Waals surface area contributed by atoms with E-state index in [0.717, 1.165) is 11.4 Å². The number of nitrogens with zero attached hydrogens (tertiary/aromatic N) is 1. The second-order valence-electron chi connectivity index (χ2n) is 3.33. The van der Waals surface area contributed by atoms with E-state index in [1.807, 2.05) is 13.8 Å². The van der Waals surface area contributed by atoms with Gasteiger partial charge in [-0.05, 0) is 13.5 Å². The van der Waals surface area contributed by atoms with Crippen LogP contribution in [0, 0.1) is 0 Å². The van der Waals surface area contributed by atoms with Crippen molar-refractivity contribution < 1.29 is 13.6 Å². The van der Waals surface area contributed by atoms with Gasteiger partial charge in [-0.1, -0.05) is 6.92 Å². The Hall–Kier alpha value is -0.710. The van der Waals surface area contributed by atoms with E-state index in [4.69, 9.17) is 0 Å². The van der Waals surface area contributed by atoms with E-state index in [0.29, 0.717) is 0 Å². The number of hydrogen-bond donors (Lipinski definition) is 1. The fourth-order valence-electron chi connectivity index (χ4n) is 1.15. The highest BCUT2D eigenvalue weighted by Gasteiger charge is 2.15. The average Bonchev–Trinajstić information content (AvgIpc) is 2.02. The molecule has 1 unspecified atom stereocenters. The minimum absolute atomic E-state index is 0.0348. The number of halogens is 2. The number of hydrogen-bond acceptors (Lipinski definition) is 2. The third-order valence-corrected chi connectivity index (χ3v) is 1.87. The molecule has 1 atom stereocenters. The van der Waals surface area contributed by atoms with E-state index >= 15 is 0 Å². The molecule has 0 aromatic rings. The summed E-state index contributed by atoms with van der Waals surface area (Å²) in [5.74, 6) is -0.251. The summed E-state index contributed by atoms with van der Waals surface area (Å²) in [6.07, 6.45) is -2.20. The van der Waals surface area contributed by atoms with Crippen LogP contribution < -0.4 is 5.32 Å². The SMILES string of the molecule is CCNC(C)CC(=O)N(C)CC(F)F. The lowest BCUT2D eigenvalue weighted by Gasteiger charge is -2.19. The summed E-state index contributed by atoms with van der Waals surface area (Å²) in [6.45, 7) is 4.08. The predicted octanol–water partition coefficient (Wildman–Crippen LogP) is 1.10. The molecule has 0 saturated heterocycles. The van der Waals surface area contributed by atoms with Crippen molar-refractivity contribution in [1.29, 1.82) is 0 Å². The van der Waals surface area contributed by atoms with E-state index < -0.39 is 13.0 Å². The van der Waals surface area contributed by atoms with Gasteiger partial charge in [0, 0.05) is 19.5 Å². The Labute approximate surface area is 83.5 Å². The summed E-state index contributed by atoms with van der Waals surface area (Å²) >= 11 is 0. The number of carbonyl (C=O) groups excluding carboxylic acids is 1. The third-order valence-electron chi connectivity index (χ3n) is 1.87. The van der Waals surface area contributed by atoms with Gasteiger partial charge in [-0.2, -0.15) is 0 Å². The Bertz CT molecular complexity index is 176. The van der Waals surface area contributed by atoms with Gasteiger partial charge in [0.1, 0.15) is 0 Å². The molecule has 14 heavy (non-hydrogen) atoms. The van der Waals surface area contributed by atoms with Gasteiger partial charge in [0.15, 0.2) is 0 Å². The fourth-order valence-corrected chi connectivity index (χ4v) is 1.15. The van der Waals surface area contributed by atoms with Crippen molar-refractivity contribution in [3.05, 3.63) is 0 Å². The van der Waals surface area contributed by atoms with Crippen molar-refractivity contribution in [2.24, 2.45) is 0 Å². The van der Waals surface area contributed by atoms with Crippen molar-refractivity contribution in [3.63, 3.8) is 0 Å². The van der Waals surface area contributed by atoms with E-state index in [1.54, 1.807) is 0 Å². The molecule has 0 aromatic carbocycles. The monoisotopic (exact) mass is 208 g/mol. The quantitative estimate of drug-likeness (QED) is 0.709. The van der Waals surface area contributed by atoms with Gasteiger partial charge < -0.3 is 10.2 Å². The van der Waals surface area contributed by atoms with Gasteiger partial charge >= 0.3 is 0 Å². The van der Waals surface area contributed by atoms with Crippen LogP contribution in [-0.2, 0) is 4.79 Å². The summed E-state index contributed by atoms with van der Waals surface area (Å²) in [6, 6.07) is 0.0348. The Morgan fingerprint density at radius 1 is 1.50 bits per heavy atom. The first-order valence-electron chi connectivity index (χ1n) is 4.72. The fraction of sp³-hybridized carbons (Fsp3) is 0.889. The smallest absolute Gasteiger partial charge is 0.255 e. The van der Waals surface area contributed by atoms with Crippen LogP contribution >= 0.6 is 0 Å². The number of alkyl halides is 2. The van der Waals surface area contributed by atoms with E-state index in [1.165, 1.54) is 7.05 Å². The number of rotatable bonds is 6. The van der Waals surface area contributed by atoms with Gasteiger partial charge in [0.2, 0.25) is 5.91 Å². The summed E-state index contributed by atoms with van der Waals surface area (Å²) in [7, 11) is 1.40. The lowest BCUT2D eigenvalue weighted by Crippen LogP contribution is -2.36. The highest BCUT2D eigenvalue weighted by atomic mass is 19.3. The second-order valence-corrected chi connectivity index (χ2v) is 3.33. The molecule has 0 fully saturated rings. The number of nitrogens with one attached hydrogen (secondary N) is 1. The molecule has 0 aliphatic rings. The highest BCUT2D eigenvalue weighted by Crippen LogP contribution is 2.00. The van der Waals surface area contributed by atoms with Crippen molar-refractivity contribution in [3.8, 4) is 0 Å². The molecule has 0 aromatic heterocycles. The molecular formula is C9H18F2N2O. The van der Waals surface area contributed by atoms with Gasteiger partial charge in [-0.15, -0.1) is 0 Å². The first kappa shape index (κ1) is 13.3. The molecule has 3 nitrogen and oxygen atoms in total. The standard InChI is InChI=1S/C9H18F2N2O/c1-4-12-7(2)5-9(14)13(3)6-8(10)11/h7-8,12H,4-6H2,1-3H3. The van der Waals surface area contributed by atoms with Crippen molar-refractivity contribution in [2.75, 3.05) is 20.1 Å². The normalized spacial score (nSPS) is 13.0. The van der Waals surface area contributed by atoms with Crippen molar-refractivity contribution >= 4 is 5.91 Å². The number of carbonyl (C=O) groups is 1. The Balaban J connectivity index is 3.82. The van der Waals surface area contributed by atoms with Crippen LogP contribution in [0.3, 0.4) is 0 Å². The van der Waals surface area contributed by atoms with Crippen LogP contribution in [0.2, 0.25) is 0 Å². The lowest BCUT2D eigenvalue weighted by molar-refractivity contribution is -0.132. The topological polar surface area (TPSA) is 32.3 Å². The van der Waals surface area contributed by atoms with Crippen LogP contribution in [-0.4, -0.2) is 43.4 Å². The minimum atomic E-state index is -2.46. The molecule has 1 amide bonds. The highest BCUT2D eigenvalue weighted by molar-refractivity contribution is 5.76. The first-order valence-corrected chi connectivity index (χ1v) is 4.72. The maximum Gasteiger partial charge on any atom is 0.255 e. The van der Waals surface area contributed by atoms with Crippen LogP contribution in [0.4, 0.5) is 8.78 Å². The van der Waals surface area contributed by atoms with Crippen LogP contribution in [0.1, 0.15) is 20.3 Å². The Morgan fingerprint density at radius 2 is 2.07 bits per heavy atom. The molecule has 0 aliphatic heterocycles. The van der Waals surface area contributed by atoms with E-state index in [-0.39, 0.29) is 18.4 Å². The van der Waals surface area contributed by atoms with Crippen LogP contribution in [0.15, 0.2) is 0 Å². The predicted molar refractivity (Wildman–Crippen MR) is 51.4 cm³/mol. The molecule has 0 rings (SSSR count). The van der Waals surface area contributed by atoms with E-state index in [9.17, 15) is 13.6 Å². The zero-order valence-electron chi connectivity index (χ0n) is 8.89. The number of amides is 1. The molecule has 0 spiro atoms. The summed E-state index contributed by atoms with van der Waals surface area (Å²) in [5, 5.41) is 3.05. The molecule has 0 bridgehead atoms. The second kappa shape index (κ2) is 6.70. The van der Waals surface area contributed by atoms with Gasteiger partial charge in [-0.3, -0.25) is 4.79 Å². The van der Waals surface area contributed by atoms with Gasteiger partial charge in [0.05, 0.1) is 6.54 Å². The average molecular weight is 208 g/mol. The van der Waals surface area contributed by atoms with Crippen LogP contribution in [0.25, 0.3) is 0 Å². The third kappa shape index (κ3) is 5.85. The molecule has 0 aliphatic carbocycles. The Kier molecular flexibility index (Phi) is 6.36. The zero-order chi connectivity index (χ0) is 11.1.